The molecule has 0 spiro atoms. The number of rotatable bonds is 3. The van der Waals surface area contributed by atoms with Crippen LogP contribution in [0, 0.1) is 5.82 Å². The largest absolute Gasteiger partial charge is 0.388 e. The number of carbonyl (C=O) groups is 3. The molecule has 0 aromatic heterocycles. The maximum Gasteiger partial charge on any atom is 0.244 e. The molecular formula is C26H36FN5O8S. The molecule has 5 rings (SSSR count). The fourth-order valence-corrected chi connectivity index (χ4v) is 7.77. The van der Waals surface area contributed by atoms with Gasteiger partial charge in [0.15, 0.2) is 0 Å². The second-order valence-corrected chi connectivity index (χ2v) is 13.2. The van der Waals surface area contributed by atoms with Gasteiger partial charge in [-0.15, -0.1) is 0 Å². The van der Waals surface area contributed by atoms with Gasteiger partial charge in [0, 0.05) is 44.8 Å². The van der Waals surface area contributed by atoms with E-state index in [1.54, 1.807) is 0 Å². The second kappa shape index (κ2) is 11.5. The Bertz CT molecular complexity index is 1300. The van der Waals surface area contributed by atoms with Gasteiger partial charge in [0.1, 0.15) is 30.2 Å². The van der Waals surface area contributed by atoms with E-state index in [1.807, 2.05) is 18.7 Å². The summed E-state index contributed by atoms with van der Waals surface area (Å²) in [6.45, 7) is 3.53. The Balaban J connectivity index is 1.48. The lowest BCUT2D eigenvalue weighted by Crippen LogP contribution is -2.63. The number of amides is 3. The average Bonchev–Trinajstić information content (AvgIpc) is 3.47. The van der Waals surface area contributed by atoms with Crippen molar-refractivity contribution in [3.63, 3.8) is 0 Å². The van der Waals surface area contributed by atoms with E-state index in [4.69, 9.17) is 4.74 Å². The fourth-order valence-electron chi connectivity index (χ4n) is 6.17. The number of likely N-dealkylation sites (tertiary alicyclic amines) is 1. The van der Waals surface area contributed by atoms with E-state index in [9.17, 15) is 37.4 Å². The van der Waals surface area contributed by atoms with Crippen LogP contribution in [-0.4, -0.2) is 132 Å². The molecule has 0 unspecified atom stereocenters. The molecule has 4 saturated heterocycles. The summed E-state index contributed by atoms with van der Waals surface area (Å²) < 4.78 is 47.8. The Morgan fingerprint density at radius 2 is 1.78 bits per heavy atom. The quantitative estimate of drug-likeness (QED) is 0.308. The molecule has 6 bridgehead atoms. The van der Waals surface area contributed by atoms with Crippen LogP contribution in [0.15, 0.2) is 29.2 Å². The number of fused-ring (bicyclic) bond motifs is 6. The van der Waals surface area contributed by atoms with Crippen LogP contribution in [0.3, 0.4) is 0 Å². The van der Waals surface area contributed by atoms with Crippen LogP contribution in [0.4, 0.5) is 4.39 Å². The van der Waals surface area contributed by atoms with Crippen LogP contribution >= 0.6 is 0 Å². The van der Waals surface area contributed by atoms with Crippen molar-refractivity contribution >= 4 is 27.7 Å². The summed E-state index contributed by atoms with van der Waals surface area (Å²) in [6.07, 6.45) is -4.77. The summed E-state index contributed by atoms with van der Waals surface area (Å²) >= 11 is 0. The van der Waals surface area contributed by atoms with Gasteiger partial charge in [0.25, 0.3) is 0 Å². The molecule has 1 aromatic rings. The van der Waals surface area contributed by atoms with Crippen molar-refractivity contribution < 1.29 is 42.1 Å². The maximum absolute atomic E-state index is 13.9. The zero-order valence-electron chi connectivity index (χ0n) is 22.8. The molecule has 15 heteroatoms. The number of benzene rings is 1. The predicted molar refractivity (Wildman–Crippen MR) is 141 cm³/mol. The molecular weight excluding hydrogens is 561 g/mol. The van der Waals surface area contributed by atoms with Crippen molar-refractivity contribution in [2.24, 2.45) is 0 Å². The highest BCUT2D eigenvalue weighted by molar-refractivity contribution is 7.89. The second-order valence-electron chi connectivity index (χ2n) is 11.3. The third kappa shape index (κ3) is 5.83. The van der Waals surface area contributed by atoms with E-state index in [-0.39, 0.29) is 55.5 Å². The molecule has 4 aliphatic rings. The zero-order chi connectivity index (χ0) is 29.6. The lowest BCUT2D eigenvalue weighted by Gasteiger charge is -2.41. The van der Waals surface area contributed by atoms with E-state index < -0.39 is 64.2 Å². The highest BCUT2D eigenvalue weighted by Crippen LogP contribution is 2.28. The number of aliphatic hydroxyl groups is 2. The van der Waals surface area contributed by atoms with Crippen LogP contribution in [0.5, 0.6) is 0 Å². The normalized spacial score (nSPS) is 34.1. The number of piperazine rings is 1. The van der Waals surface area contributed by atoms with Crippen LogP contribution in [0.1, 0.15) is 26.7 Å². The molecule has 4 aliphatic heterocycles. The topological polar surface area (TPSA) is 169 Å². The van der Waals surface area contributed by atoms with E-state index in [1.165, 1.54) is 17.0 Å². The molecule has 4 heterocycles. The van der Waals surface area contributed by atoms with Gasteiger partial charge in [-0.05, 0) is 38.5 Å². The predicted octanol–water partition coefficient (Wildman–Crippen LogP) is -2.00. The summed E-state index contributed by atoms with van der Waals surface area (Å²) in [6, 6.07) is 2.12. The third-order valence-corrected chi connectivity index (χ3v) is 10.2. The summed E-state index contributed by atoms with van der Waals surface area (Å²) in [5.41, 5.74) is 0. The van der Waals surface area contributed by atoms with Gasteiger partial charge in [-0.25, -0.2) is 12.8 Å². The number of halogens is 1. The van der Waals surface area contributed by atoms with Gasteiger partial charge in [-0.3, -0.25) is 19.3 Å². The van der Waals surface area contributed by atoms with E-state index in [0.29, 0.717) is 13.0 Å². The smallest absolute Gasteiger partial charge is 0.244 e. The first-order valence-corrected chi connectivity index (χ1v) is 15.2. The summed E-state index contributed by atoms with van der Waals surface area (Å²) in [5.74, 6) is -2.17. The van der Waals surface area contributed by atoms with E-state index >= 15 is 0 Å². The Hall–Kier alpha value is -2.69. The van der Waals surface area contributed by atoms with Gasteiger partial charge in [-0.2, -0.15) is 4.31 Å². The van der Waals surface area contributed by atoms with Crippen molar-refractivity contribution in [3.8, 4) is 0 Å². The highest BCUT2D eigenvalue weighted by atomic mass is 32.2. The number of ether oxygens (including phenoxy) is 1. The Morgan fingerprint density at radius 1 is 1.05 bits per heavy atom. The lowest BCUT2D eigenvalue weighted by atomic mass is 10.0. The Morgan fingerprint density at radius 3 is 2.49 bits per heavy atom. The molecule has 226 valence electrons. The number of nitrogens with one attached hydrogen (secondary N) is 2. The van der Waals surface area contributed by atoms with E-state index in [2.05, 4.69) is 10.6 Å². The summed E-state index contributed by atoms with van der Waals surface area (Å²) in [7, 11) is -4.33. The fraction of sp³-hybridized carbons (Fsp3) is 0.654. The van der Waals surface area contributed by atoms with Crippen molar-refractivity contribution in [2.45, 2.75) is 80.2 Å². The molecule has 0 radical (unpaired) electrons. The molecule has 4 N–H and O–H groups in total. The van der Waals surface area contributed by atoms with Crippen LogP contribution < -0.4 is 10.6 Å². The number of sulfonamides is 1. The molecule has 3 amide bonds. The summed E-state index contributed by atoms with van der Waals surface area (Å²) in [4.78, 5) is 43.2. The molecule has 41 heavy (non-hydrogen) atoms. The van der Waals surface area contributed by atoms with Crippen molar-refractivity contribution in [1.82, 2.24) is 24.7 Å². The minimum absolute atomic E-state index is 0.00887. The molecule has 13 nitrogen and oxygen atoms in total. The molecule has 4 fully saturated rings. The number of carbonyl (C=O) groups excluding carboxylic acids is 3. The monoisotopic (exact) mass is 597 g/mol. The maximum atomic E-state index is 13.9. The third-order valence-electron chi connectivity index (χ3n) is 8.33. The van der Waals surface area contributed by atoms with E-state index in [0.717, 1.165) is 16.4 Å². The lowest BCUT2D eigenvalue weighted by molar-refractivity contribution is -0.141. The highest BCUT2D eigenvalue weighted by Gasteiger charge is 2.48. The summed E-state index contributed by atoms with van der Waals surface area (Å²) in [5, 5.41) is 26.5. The van der Waals surface area contributed by atoms with Crippen molar-refractivity contribution in [1.29, 1.82) is 0 Å². The first-order valence-electron chi connectivity index (χ1n) is 13.8. The first-order chi connectivity index (χ1) is 19.4. The van der Waals surface area contributed by atoms with Gasteiger partial charge in [-0.1, -0.05) is 6.07 Å². The number of hydrogen-bond donors (Lipinski definition) is 4. The molecule has 0 saturated carbocycles. The number of nitrogens with zero attached hydrogens (tertiary/aromatic N) is 3. The minimum Gasteiger partial charge on any atom is -0.388 e. The van der Waals surface area contributed by atoms with Gasteiger partial charge >= 0.3 is 0 Å². The Kier molecular flexibility index (Phi) is 8.38. The van der Waals surface area contributed by atoms with Gasteiger partial charge in [0.05, 0.1) is 23.5 Å². The van der Waals surface area contributed by atoms with Gasteiger partial charge < -0.3 is 30.5 Å². The van der Waals surface area contributed by atoms with Crippen molar-refractivity contribution in [2.75, 3.05) is 32.7 Å². The molecule has 7 atom stereocenters. The van der Waals surface area contributed by atoms with Crippen LogP contribution in [0.25, 0.3) is 0 Å². The van der Waals surface area contributed by atoms with Crippen molar-refractivity contribution in [3.05, 3.63) is 30.1 Å². The number of hydrogen-bond acceptors (Lipinski definition) is 9. The first kappa shape index (κ1) is 29.8. The standard InChI is InChI=1S/C26H36FN5O8S/c1-14(2)31-12-16-9-18(31)26(37)30-6-7-32(41(38,39)17-5-3-4-15(27)8-17)19(13-30)25(36)28-11-21-24(35)23(34)20(40-21)10-22(33)29-16/h3-5,8,14,16,18-21,23-24,34-35H,6-7,9-13H2,1-2H3,(H,28,36)(H,29,33)/t16-,18-,19-,20-,21+,23-,24+/m0/s1. The molecule has 1 aromatic carbocycles. The van der Waals surface area contributed by atoms with Crippen LogP contribution in [-0.2, 0) is 29.1 Å². The zero-order valence-corrected chi connectivity index (χ0v) is 23.7. The SMILES string of the molecule is CC(C)N1C[C@@H]2C[C@H]1C(=O)N1CCN(S(=O)(=O)c3cccc(F)c3)[C@@H](C1)C(=O)NC[C@H]1O[C@@H](CC(=O)N2)[C@H](O)[C@@H]1O. The average molecular weight is 598 g/mol. The number of aliphatic hydroxyl groups excluding tert-OH is 2. The minimum atomic E-state index is -4.33. The van der Waals surface area contributed by atoms with Gasteiger partial charge in [0.2, 0.25) is 27.7 Å². The molecule has 0 aliphatic carbocycles. The Labute approximate surface area is 237 Å². The van der Waals surface area contributed by atoms with Crippen LogP contribution in [0.2, 0.25) is 0 Å².